The second-order valence-electron chi connectivity index (χ2n) is 8.94. The molecule has 0 N–H and O–H groups in total. The van der Waals surface area contributed by atoms with E-state index in [1.807, 2.05) is 36.4 Å². The maximum Gasteiger partial charge on any atom is 0.325 e. The maximum atomic E-state index is 13.1. The van der Waals surface area contributed by atoms with Crippen LogP contribution in [0.1, 0.15) is 36.0 Å². The first kappa shape index (κ1) is 25.3. The van der Waals surface area contributed by atoms with Gasteiger partial charge in [0, 0.05) is 24.0 Å². The molecule has 1 aliphatic rings. The lowest BCUT2D eigenvalue weighted by Crippen LogP contribution is -2.31. The van der Waals surface area contributed by atoms with Crippen LogP contribution in [-0.4, -0.2) is 49.4 Å². The molecule has 1 aromatic heterocycles. The van der Waals surface area contributed by atoms with Crippen LogP contribution in [0.25, 0.3) is 21.0 Å². The molecule has 0 atom stereocenters. The van der Waals surface area contributed by atoms with E-state index in [0.29, 0.717) is 17.9 Å². The zero-order valence-corrected chi connectivity index (χ0v) is 22.1. The van der Waals surface area contributed by atoms with Crippen LogP contribution in [0.3, 0.4) is 0 Å². The zero-order chi connectivity index (χ0) is 26.0. The van der Waals surface area contributed by atoms with Gasteiger partial charge in [0.25, 0.3) is 5.91 Å². The number of aromatic nitrogens is 1. The quantitative estimate of drug-likeness (QED) is 0.353. The van der Waals surface area contributed by atoms with Crippen molar-refractivity contribution in [3.63, 3.8) is 0 Å². The number of methoxy groups -OCH3 is 1. The third kappa shape index (κ3) is 5.09. The van der Waals surface area contributed by atoms with Gasteiger partial charge in [-0.1, -0.05) is 54.5 Å². The number of hydrogen-bond acceptors (Lipinski definition) is 6. The lowest BCUT2D eigenvalue weighted by molar-refractivity contribution is -0.141. The van der Waals surface area contributed by atoms with Crippen LogP contribution in [0.2, 0.25) is 0 Å². The third-order valence-corrected chi connectivity index (χ3v) is 9.63. The van der Waals surface area contributed by atoms with Gasteiger partial charge in [0.2, 0.25) is 10.0 Å². The molecule has 0 spiro atoms. The number of fused-ring (bicyclic) bond motifs is 3. The van der Waals surface area contributed by atoms with Gasteiger partial charge < -0.3 is 9.30 Å². The Labute approximate surface area is 218 Å². The highest BCUT2D eigenvalue weighted by Gasteiger charge is 2.25. The molecule has 192 valence electrons. The summed E-state index contributed by atoms with van der Waals surface area (Å²) >= 11 is 1.32. The number of carbonyl (C=O) groups excluding carboxylic acids is 2. The number of ether oxygens (including phenoxy) is 1. The van der Waals surface area contributed by atoms with Crippen molar-refractivity contribution in [3.05, 3.63) is 71.0 Å². The fourth-order valence-corrected chi connectivity index (χ4v) is 7.26. The summed E-state index contributed by atoms with van der Waals surface area (Å²) in [7, 11) is -2.29. The maximum absolute atomic E-state index is 13.1. The lowest BCUT2D eigenvalue weighted by atomic mass is 10.1. The number of benzene rings is 3. The minimum absolute atomic E-state index is 0.0893. The van der Waals surface area contributed by atoms with Gasteiger partial charge in [0.05, 0.1) is 22.2 Å². The molecular formula is C27H27N3O5S2. The van der Waals surface area contributed by atoms with Crippen LogP contribution in [0.15, 0.2) is 70.6 Å². The molecule has 8 nitrogen and oxygen atoms in total. The Hall–Kier alpha value is -3.34. The molecule has 10 heteroatoms. The zero-order valence-electron chi connectivity index (χ0n) is 20.4. The number of hydrogen-bond donors (Lipinski definition) is 0. The Morgan fingerprint density at radius 3 is 2.35 bits per heavy atom. The van der Waals surface area contributed by atoms with Gasteiger partial charge in [-0.3, -0.25) is 9.59 Å². The molecule has 1 saturated heterocycles. The average Bonchev–Trinajstić information content (AvgIpc) is 3.07. The number of rotatable bonds is 5. The Morgan fingerprint density at radius 1 is 0.946 bits per heavy atom. The van der Waals surface area contributed by atoms with Crippen LogP contribution in [-0.2, 0) is 26.1 Å². The van der Waals surface area contributed by atoms with Crippen LogP contribution in [0.5, 0.6) is 0 Å². The van der Waals surface area contributed by atoms with E-state index in [0.717, 1.165) is 46.7 Å². The van der Waals surface area contributed by atoms with E-state index in [4.69, 9.17) is 4.74 Å². The predicted molar refractivity (Wildman–Crippen MR) is 143 cm³/mol. The Bertz CT molecular complexity index is 1650. The van der Waals surface area contributed by atoms with Crippen molar-refractivity contribution in [2.24, 2.45) is 4.99 Å². The van der Waals surface area contributed by atoms with E-state index in [2.05, 4.69) is 4.99 Å². The highest BCUT2D eigenvalue weighted by molar-refractivity contribution is 7.89. The van der Waals surface area contributed by atoms with Gasteiger partial charge in [0.15, 0.2) is 4.80 Å². The smallest absolute Gasteiger partial charge is 0.325 e. The normalized spacial score (nSPS) is 15.6. The molecule has 0 bridgehead atoms. The number of carbonyl (C=O) groups is 2. The van der Waals surface area contributed by atoms with Crippen molar-refractivity contribution in [2.75, 3.05) is 20.2 Å². The van der Waals surface area contributed by atoms with E-state index in [1.165, 1.54) is 47.0 Å². The largest absolute Gasteiger partial charge is 0.468 e. The van der Waals surface area contributed by atoms with Crippen molar-refractivity contribution in [3.8, 4) is 0 Å². The van der Waals surface area contributed by atoms with E-state index in [-0.39, 0.29) is 17.0 Å². The van der Waals surface area contributed by atoms with E-state index < -0.39 is 21.9 Å². The summed E-state index contributed by atoms with van der Waals surface area (Å²) in [4.78, 5) is 30.1. The van der Waals surface area contributed by atoms with Crippen molar-refractivity contribution in [2.45, 2.75) is 37.1 Å². The topological polar surface area (TPSA) is 98.0 Å². The Kier molecular flexibility index (Phi) is 7.23. The van der Waals surface area contributed by atoms with Gasteiger partial charge >= 0.3 is 5.97 Å². The molecule has 5 rings (SSSR count). The van der Waals surface area contributed by atoms with Gasteiger partial charge in [-0.05, 0) is 48.6 Å². The van der Waals surface area contributed by atoms with Crippen LogP contribution in [0.4, 0.5) is 0 Å². The molecule has 0 aliphatic carbocycles. The van der Waals surface area contributed by atoms with Crippen molar-refractivity contribution >= 4 is 54.2 Å². The number of amides is 1. The fraction of sp³-hybridized carbons (Fsp3) is 0.296. The fourth-order valence-electron chi connectivity index (χ4n) is 4.58. The first-order valence-electron chi connectivity index (χ1n) is 12.2. The van der Waals surface area contributed by atoms with Crippen molar-refractivity contribution < 1.29 is 22.7 Å². The molecule has 3 aromatic carbocycles. The van der Waals surface area contributed by atoms with Crippen LogP contribution < -0.4 is 4.80 Å². The number of nitrogens with zero attached hydrogens (tertiary/aromatic N) is 3. The summed E-state index contributed by atoms with van der Waals surface area (Å²) in [5, 5.41) is 2.04. The van der Waals surface area contributed by atoms with Gasteiger partial charge in [0.1, 0.15) is 6.54 Å². The molecule has 0 unspecified atom stereocenters. The molecule has 4 aromatic rings. The van der Waals surface area contributed by atoms with E-state index in [1.54, 1.807) is 4.57 Å². The lowest BCUT2D eigenvalue weighted by Gasteiger charge is -2.19. The van der Waals surface area contributed by atoms with Crippen molar-refractivity contribution in [1.29, 1.82) is 0 Å². The SMILES string of the molecule is COC(=O)Cn1c(=NC(=O)c2ccc(S(=O)(=O)N3CCCCCC3)cc2)sc2c3ccccc3ccc21. The first-order valence-corrected chi connectivity index (χ1v) is 14.4. The molecule has 1 amide bonds. The number of sulfonamides is 1. The standard InChI is InChI=1S/C27H27N3O5S2/c1-35-24(31)18-30-23-15-12-19-8-4-5-9-22(19)25(23)36-27(30)28-26(32)20-10-13-21(14-11-20)37(33,34)29-16-6-2-3-7-17-29/h4-5,8-15H,2-3,6-7,16-18H2,1H3. The Morgan fingerprint density at radius 2 is 1.65 bits per heavy atom. The van der Waals surface area contributed by atoms with Gasteiger partial charge in [-0.25, -0.2) is 8.42 Å². The Balaban J connectivity index is 1.52. The summed E-state index contributed by atoms with van der Waals surface area (Å²) in [5.74, 6) is -0.974. The first-order chi connectivity index (χ1) is 17.9. The summed E-state index contributed by atoms with van der Waals surface area (Å²) in [6.45, 7) is 0.937. The molecule has 2 heterocycles. The predicted octanol–water partition coefficient (Wildman–Crippen LogP) is 4.33. The minimum atomic E-state index is -3.61. The second kappa shape index (κ2) is 10.6. The van der Waals surface area contributed by atoms with Crippen molar-refractivity contribution in [1.82, 2.24) is 8.87 Å². The van der Waals surface area contributed by atoms with Crippen LogP contribution >= 0.6 is 11.3 Å². The summed E-state index contributed by atoms with van der Waals surface area (Å²) in [6.07, 6.45) is 3.77. The number of thiazole rings is 1. The summed E-state index contributed by atoms with van der Waals surface area (Å²) < 4.78 is 35.1. The molecule has 0 saturated carbocycles. The third-order valence-electron chi connectivity index (χ3n) is 6.59. The highest BCUT2D eigenvalue weighted by Crippen LogP contribution is 2.28. The summed E-state index contributed by atoms with van der Waals surface area (Å²) in [5.41, 5.74) is 1.04. The van der Waals surface area contributed by atoms with E-state index >= 15 is 0 Å². The van der Waals surface area contributed by atoms with Crippen LogP contribution in [0, 0.1) is 0 Å². The highest BCUT2D eigenvalue weighted by atomic mass is 32.2. The minimum Gasteiger partial charge on any atom is -0.468 e. The van der Waals surface area contributed by atoms with Gasteiger partial charge in [-0.15, -0.1) is 0 Å². The molecule has 37 heavy (non-hydrogen) atoms. The number of esters is 1. The molecule has 1 aliphatic heterocycles. The molecular weight excluding hydrogens is 510 g/mol. The average molecular weight is 538 g/mol. The monoisotopic (exact) mass is 537 g/mol. The summed E-state index contributed by atoms with van der Waals surface area (Å²) in [6, 6.07) is 17.7. The molecule has 0 radical (unpaired) electrons. The molecule has 1 fully saturated rings. The van der Waals surface area contributed by atoms with Gasteiger partial charge in [-0.2, -0.15) is 9.30 Å². The van der Waals surface area contributed by atoms with E-state index in [9.17, 15) is 18.0 Å². The second-order valence-corrected chi connectivity index (χ2v) is 11.9.